The zero-order valence-electron chi connectivity index (χ0n) is 10.4. The maximum atomic E-state index is 14.0. The number of halogens is 3. The minimum absolute atomic E-state index is 0.103. The lowest BCUT2D eigenvalue weighted by Gasteiger charge is -2.19. The van der Waals surface area contributed by atoms with E-state index in [9.17, 15) is 8.78 Å². The quantitative estimate of drug-likeness (QED) is 0.794. The van der Waals surface area contributed by atoms with E-state index in [1.807, 2.05) is 0 Å². The number of alkyl halides is 1. The van der Waals surface area contributed by atoms with Gasteiger partial charge in [-0.05, 0) is 23.8 Å². The standard InChI is InChI=1S/C14H13ClF2N2/c1-19(9-10-2-4-12(16)5-3-10)14-13(17)11(8-15)6-7-18-14/h2-7H,8-9H2,1H3. The molecule has 100 valence electrons. The molecule has 0 aliphatic rings. The molecular formula is C14H13ClF2N2. The van der Waals surface area contributed by atoms with Gasteiger partial charge in [0.2, 0.25) is 0 Å². The fraction of sp³-hybridized carbons (Fsp3) is 0.214. The third-order valence-electron chi connectivity index (χ3n) is 2.79. The van der Waals surface area contributed by atoms with Crippen molar-refractivity contribution in [3.05, 3.63) is 59.3 Å². The second kappa shape index (κ2) is 5.97. The first-order chi connectivity index (χ1) is 9.11. The van der Waals surface area contributed by atoms with Crippen molar-refractivity contribution in [2.75, 3.05) is 11.9 Å². The second-order valence-corrected chi connectivity index (χ2v) is 4.49. The first-order valence-corrected chi connectivity index (χ1v) is 6.30. The summed E-state index contributed by atoms with van der Waals surface area (Å²) >= 11 is 5.66. The summed E-state index contributed by atoms with van der Waals surface area (Å²) in [7, 11) is 1.73. The van der Waals surface area contributed by atoms with E-state index in [1.165, 1.54) is 18.3 Å². The van der Waals surface area contributed by atoms with Crippen molar-refractivity contribution in [2.24, 2.45) is 0 Å². The molecule has 5 heteroatoms. The smallest absolute Gasteiger partial charge is 0.170 e. The highest BCUT2D eigenvalue weighted by atomic mass is 35.5. The van der Waals surface area contributed by atoms with Gasteiger partial charge in [-0.25, -0.2) is 13.8 Å². The molecule has 2 rings (SSSR count). The number of hydrogen-bond donors (Lipinski definition) is 0. The Bertz CT molecular complexity index is 558. The lowest BCUT2D eigenvalue weighted by atomic mass is 10.2. The number of pyridine rings is 1. The van der Waals surface area contributed by atoms with E-state index in [0.29, 0.717) is 12.1 Å². The van der Waals surface area contributed by atoms with Crippen molar-refractivity contribution in [3.8, 4) is 0 Å². The Morgan fingerprint density at radius 1 is 1.16 bits per heavy atom. The predicted octanol–water partition coefficient (Wildman–Crippen LogP) is 3.74. The highest BCUT2D eigenvalue weighted by molar-refractivity contribution is 6.17. The normalized spacial score (nSPS) is 10.5. The van der Waals surface area contributed by atoms with E-state index in [4.69, 9.17) is 11.6 Å². The van der Waals surface area contributed by atoms with E-state index in [2.05, 4.69) is 4.98 Å². The molecule has 19 heavy (non-hydrogen) atoms. The fourth-order valence-corrected chi connectivity index (χ4v) is 1.99. The summed E-state index contributed by atoms with van der Waals surface area (Å²) in [6.45, 7) is 0.440. The molecule has 0 atom stereocenters. The van der Waals surface area contributed by atoms with Gasteiger partial charge in [0.05, 0.1) is 5.88 Å². The Balaban J connectivity index is 2.20. The summed E-state index contributed by atoms with van der Waals surface area (Å²) in [5, 5.41) is 0. The molecule has 1 aromatic heterocycles. The Hall–Kier alpha value is -1.68. The maximum absolute atomic E-state index is 14.0. The van der Waals surface area contributed by atoms with E-state index in [1.54, 1.807) is 30.1 Å². The molecule has 0 saturated heterocycles. The van der Waals surface area contributed by atoms with Gasteiger partial charge in [-0.15, -0.1) is 11.6 Å². The van der Waals surface area contributed by atoms with Crippen molar-refractivity contribution in [2.45, 2.75) is 12.4 Å². The summed E-state index contributed by atoms with van der Waals surface area (Å²) in [6, 6.07) is 7.63. The third-order valence-corrected chi connectivity index (χ3v) is 3.08. The zero-order chi connectivity index (χ0) is 13.8. The van der Waals surface area contributed by atoms with Crippen LogP contribution in [0.4, 0.5) is 14.6 Å². The number of aromatic nitrogens is 1. The van der Waals surface area contributed by atoms with E-state index < -0.39 is 5.82 Å². The molecule has 0 amide bonds. The zero-order valence-corrected chi connectivity index (χ0v) is 11.2. The van der Waals surface area contributed by atoms with Gasteiger partial charge in [-0.3, -0.25) is 0 Å². The van der Waals surface area contributed by atoms with Crippen molar-refractivity contribution in [1.29, 1.82) is 0 Å². The summed E-state index contributed by atoms with van der Waals surface area (Å²) < 4.78 is 26.9. The molecule has 2 aromatic rings. The second-order valence-electron chi connectivity index (χ2n) is 4.22. The molecule has 0 fully saturated rings. The van der Waals surface area contributed by atoms with Crippen molar-refractivity contribution >= 4 is 17.4 Å². The molecule has 0 saturated carbocycles. The summed E-state index contributed by atoms with van der Waals surface area (Å²) in [4.78, 5) is 5.68. The van der Waals surface area contributed by atoms with Crippen molar-refractivity contribution in [3.63, 3.8) is 0 Å². The van der Waals surface area contributed by atoms with Gasteiger partial charge >= 0.3 is 0 Å². The van der Waals surface area contributed by atoms with Crippen LogP contribution in [0.5, 0.6) is 0 Å². The third kappa shape index (κ3) is 3.20. The molecule has 0 aliphatic carbocycles. The fourth-order valence-electron chi connectivity index (χ4n) is 1.78. The van der Waals surface area contributed by atoms with Crippen LogP contribution >= 0.6 is 11.6 Å². The Morgan fingerprint density at radius 3 is 2.47 bits per heavy atom. The molecular weight excluding hydrogens is 270 g/mol. The topological polar surface area (TPSA) is 16.1 Å². The van der Waals surface area contributed by atoms with Crippen LogP contribution in [-0.4, -0.2) is 12.0 Å². The van der Waals surface area contributed by atoms with Crippen molar-refractivity contribution in [1.82, 2.24) is 4.98 Å². The summed E-state index contributed by atoms with van der Waals surface area (Å²) in [5.74, 6) is -0.365. The monoisotopic (exact) mass is 282 g/mol. The van der Waals surface area contributed by atoms with E-state index in [-0.39, 0.29) is 17.5 Å². The predicted molar refractivity (Wildman–Crippen MR) is 72.3 cm³/mol. The van der Waals surface area contributed by atoms with Crippen LogP contribution in [0.15, 0.2) is 36.5 Å². The van der Waals surface area contributed by atoms with E-state index in [0.717, 1.165) is 5.56 Å². The average molecular weight is 283 g/mol. The average Bonchev–Trinajstić information content (AvgIpc) is 2.41. The molecule has 0 aliphatic heterocycles. The van der Waals surface area contributed by atoms with Gasteiger partial charge in [-0.1, -0.05) is 12.1 Å². The van der Waals surface area contributed by atoms with Crippen LogP contribution in [-0.2, 0) is 12.4 Å². The Labute approximate surface area is 115 Å². The van der Waals surface area contributed by atoms with Gasteiger partial charge in [0.25, 0.3) is 0 Å². The SMILES string of the molecule is CN(Cc1ccc(F)cc1)c1nccc(CCl)c1F. The maximum Gasteiger partial charge on any atom is 0.170 e. The molecule has 0 N–H and O–H groups in total. The lowest BCUT2D eigenvalue weighted by molar-refractivity contribution is 0.604. The Kier molecular flexibility index (Phi) is 4.32. The number of hydrogen-bond acceptors (Lipinski definition) is 2. The molecule has 0 bridgehead atoms. The van der Waals surface area contributed by atoms with Crippen LogP contribution in [0.25, 0.3) is 0 Å². The number of benzene rings is 1. The van der Waals surface area contributed by atoms with Crippen LogP contribution in [0, 0.1) is 11.6 Å². The lowest BCUT2D eigenvalue weighted by Crippen LogP contribution is -2.19. The summed E-state index contributed by atoms with van der Waals surface area (Å²) in [6.07, 6.45) is 1.53. The highest BCUT2D eigenvalue weighted by Crippen LogP contribution is 2.21. The van der Waals surface area contributed by atoms with Gasteiger partial charge in [0.15, 0.2) is 11.6 Å². The van der Waals surface area contributed by atoms with Gasteiger partial charge < -0.3 is 4.90 Å². The van der Waals surface area contributed by atoms with Crippen LogP contribution in [0.1, 0.15) is 11.1 Å². The van der Waals surface area contributed by atoms with Gasteiger partial charge in [0.1, 0.15) is 5.82 Å². The molecule has 1 aromatic carbocycles. The number of nitrogens with zero attached hydrogens (tertiary/aromatic N) is 2. The number of rotatable bonds is 4. The highest BCUT2D eigenvalue weighted by Gasteiger charge is 2.13. The summed E-state index contributed by atoms with van der Waals surface area (Å²) in [5.41, 5.74) is 1.29. The minimum atomic E-state index is -0.415. The molecule has 2 nitrogen and oxygen atoms in total. The largest absolute Gasteiger partial charge is 0.353 e. The van der Waals surface area contributed by atoms with Crippen LogP contribution in [0.3, 0.4) is 0 Å². The number of anilines is 1. The first kappa shape index (κ1) is 13.7. The molecule has 0 spiro atoms. The van der Waals surface area contributed by atoms with E-state index >= 15 is 0 Å². The first-order valence-electron chi connectivity index (χ1n) is 5.76. The molecule has 0 unspecified atom stereocenters. The van der Waals surface area contributed by atoms with Crippen molar-refractivity contribution < 1.29 is 8.78 Å². The minimum Gasteiger partial charge on any atom is -0.353 e. The van der Waals surface area contributed by atoms with Gasteiger partial charge in [-0.2, -0.15) is 0 Å². The van der Waals surface area contributed by atoms with Gasteiger partial charge in [0, 0.05) is 25.4 Å². The molecule has 0 radical (unpaired) electrons. The molecule has 1 heterocycles. The van der Waals surface area contributed by atoms with Crippen LogP contribution in [0.2, 0.25) is 0 Å². The Morgan fingerprint density at radius 2 is 1.84 bits per heavy atom. The van der Waals surface area contributed by atoms with Crippen LogP contribution < -0.4 is 4.90 Å².